The predicted octanol–water partition coefficient (Wildman–Crippen LogP) is 1.06. The van der Waals surface area contributed by atoms with Gasteiger partial charge in [0, 0.05) is 32.2 Å². The molecule has 146 valence electrons. The van der Waals surface area contributed by atoms with E-state index < -0.39 is 0 Å². The molecule has 2 rings (SSSR count). The number of nitrogens with two attached hydrogens (primary N) is 1. The van der Waals surface area contributed by atoms with Crippen LogP contribution < -0.4 is 16.4 Å². The summed E-state index contributed by atoms with van der Waals surface area (Å²) in [4.78, 5) is 17.7. The van der Waals surface area contributed by atoms with E-state index in [2.05, 4.69) is 20.5 Å². The molecular formula is C18H30IN5O2. The lowest BCUT2D eigenvalue weighted by Gasteiger charge is -2.32. The topological polar surface area (TPSA) is 103 Å². The van der Waals surface area contributed by atoms with Gasteiger partial charge in [0.15, 0.2) is 5.96 Å². The summed E-state index contributed by atoms with van der Waals surface area (Å²) in [6, 6.07) is 7.62. The van der Waals surface area contributed by atoms with Crippen LogP contribution in [-0.4, -0.2) is 60.6 Å². The van der Waals surface area contributed by atoms with Crippen LogP contribution in [0.3, 0.4) is 0 Å². The van der Waals surface area contributed by atoms with Gasteiger partial charge in [-0.1, -0.05) is 12.1 Å². The van der Waals surface area contributed by atoms with Crippen LogP contribution in [0, 0.1) is 0 Å². The summed E-state index contributed by atoms with van der Waals surface area (Å²) in [5.74, 6) is 0.832. The number of piperidine rings is 1. The number of primary amides is 1. The van der Waals surface area contributed by atoms with Crippen LogP contribution >= 0.6 is 24.0 Å². The zero-order chi connectivity index (χ0) is 18.1. The van der Waals surface area contributed by atoms with Gasteiger partial charge in [0.1, 0.15) is 5.75 Å². The number of aromatic hydroxyl groups is 1. The van der Waals surface area contributed by atoms with Gasteiger partial charge in [-0.2, -0.15) is 0 Å². The van der Waals surface area contributed by atoms with Crippen molar-refractivity contribution in [3.05, 3.63) is 29.8 Å². The van der Waals surface area contributed by atoms with Gasteiger partial charge in [-0.25, -0.2) is 0 Å². The number of hydrogen-bond acceptors (Lipinski definition) is 4. The van der Waals surface area contributed by atoms with Crippen molar-refractivity contribution >= 4 is 35.8 Å². The molecule has 0 spiro atoms. The molecule has 0 bridgehead atoms. The molecule has 0 atom stereocenters. The maximum absolute atomic E-state index is 11.0. The number of nitrogens with zero attached hydrogens (tertiary/aromatic N) is 2. The third-order valence-corrected chi connectivity index (χ3v) is 4.23. The number of benzene rings is 1. The number of aliphatic imine (C=N–C) groups is 1. The largest absolute Gasteiger partial charge is 0.508 e. The summed E-state index contributed by atoms with van der Waals surface area (Å²) in [6.07, 6.45) is 2.70. The zero-order valence-electron chi connectivity index (χ0n) is 15.3. The Morgan fingerprint density at radius 1 is 1.38 bits per heavy atom. The molecule has 0 radical (unpaired) electrons. The van der Waals surface area contributed by atoms with Gasteiger partial charge in [0.2, 0.25) is 5.91 Å². The highest BCUT2D eigenvalue weighted by Gasteiger charge is 2.20. The molecule has 1 aliphatic rings. The second kappa shape index (κ2) is 11.9. The van der Waals surface area contributed by atoms with E-state index in [4.69, 9.17) is 5.73 Å². The monoisotopic (exact) mass is 475 g/mol. The van der Waals surface area contributed by atoms with E-state index in [0.29, 0.717) is 19.1 Å². The smallest absolute Gasteiger partial charge is 0.231 e. The molecule has 1 amide bonds. The lowest BCUT2D eigenvalue weighted by molar-refractivity contribution is -0.119. The highest BCUT2D eigenvalue weighted by molar-refractivity contribution is 14.0. The molecule has 0 saturated carbocycles. The second-order valence-electron chi connectivity index (χ2n) is 6.34. The molecule has 1 aromatic rings. The molecule has 7 nitrogen and oxygen atoms in total. The van der Waals surface area contributed by atoms with E-state index in [1.807, 2.05) is 19.1 Å². The average molecular weight is 475 g/mol. The lowest BCUT2D eigenvalue weighted by Crippen LogP contribution is -2.49. The first-order valence-electron chi connectivity index (χ1n) is 8.90. The first-order chi connectivity index (χ1) is 12.1. The summed E-state index contributed by atoms with van der Waals surface area (Å²) >= 11 is 0. The van der Waals surface area contributed by atoms with Gasteiger partial charge in [0.25, 0.3) is 0 Å². The van der Waals surface area contributed by atoms with E-state index >= 15 is 0 Å². The normalized spacial score (nSPS) is 16.0. The van der Waals surface area contributed by atoms with E-state index in [-0.39, 0.29) is 35.6 Å². The SMILES string of the molecule is CCNC(=NCCc1cccc(O)c1)NC1CCN(CC(N)=O)CC1.I. The van der Waals surface area contributed by atoms with E-state index in [0.717, 1.165) is 50.4 Å². The minimum absolute atomic E-state index is 0. The number of guanidine groups is 1. The molecule has 0 unspecified atom stereocenters. The predicted molar refractivity (Wildman–Crippen MR) is 115 cm³/mol. The maximum atomic E-state index is 11.0. The number of phenolic OH excluding ortho intramolecular Hbond substituents is 1. The van der Waals surface area contributed by atoms with Gasteiger partial charge in [0.05, 0.1) is 6.54 Å². The number of likely N-dealkylation sites (tertiary alicyclic amines) is 1. The molecule has 1 aliphatic heterocycles. The van der Waals surface area contributed by atoms with E-state index in [9.17, 15) is 9.90 Å². The Bertz CT molecular complexity index is 589. The molecule has 1 heterocycles. The van der Waals surface area contributed by atoms with Crippen LogP contribution in [0.5, 0.6) is 5.75 Å². The fourth-order valence-electron chi connectivity index (χ4n) is 2.98. The van der Waals surface area contributed by atoms with E-state index in [1.54, 1.807) is 12.1 Å². The van der Waals surface area contributed by atoms with Crippen molar-refractivity contribution in [3.63, 3.8) is 0 Å². The van der Waals surface area contributed by atoms with Crippen LogP contribution in [0.4, 0.5) is 0 Å². The summed E-state index contributed by atoms with van der Waals surface area (Å²) < 4.78 is 0. The molecule has 1 fully saturated rings. The minimum Gasteiger partial charge on any atom is -0.508 e. The van der Waals surface area contributed by atoms with Crippen LogP contribution in [0.25, 0.3) is 0 Å². The number of halogens is 1. The number of nitrogens with one attached hydrogen (secondary N) is 2. The molecule has 5 N–H and O–H groups in total. The number of rotatable bonds is 7. The molecule has 26 heavy (non-hydrogen) atoms. The zero-order valence-corrected chi connectivity index (χ0v) is 17.6. The quantitative estimate of drug-likeness (QED) is 0.268. The molecule has 0 aliphatic carbocycles. The molecule has 1 aromatic carbocycles. The van der Waals surface area contributed by atoms with Crippen molar-refractivity contribution in [2.45, 2.75) is 32.2 Å². The average Bonchev–Trinajstić information content (AvgIpc) is 2.56. The number of carbonyl (C=O) groups excluding carboxylic acids is 1. The molecule has 1 saturated heterocycles. The van der Waals surface area contributed by atoms with Crippen LogP contribution in [0.2, 0.25) is 0 Å². The first-order valence-corrected chi connectivity index (χ1v) is 8.90. The third-order valence-electron chi connectivity index (χ3n) is 4.23. The van der Waals surface area contributed by atoms with Gasteiger partial charge in [-0.15, -0.1) is 24.0 Å². The van der Waals surface area contributed by atoms with Gasteiger partial charge >= 0.3 is 0 Å². The van der Waals surface area contributed by atoms with Crippen molar-refractivity contribution in [2.24, 2.45) is 10.7 Å². The van der Waals surface area contributed by atoms with Crippen LogP contribution in [-0.2, 0) is 11.2 Å². The summed E-state index contributed by atoms with van der Waals surface area (Å²) in [6.45, 7) is 5.57. The van der Waals surface area contributed by atoms with Gasteiger partial charge in [-0.3, -0.25) is 14.7 Å². The highest BCUT2D eigenvalue weighted by atomic mass is 127. The Hall–Kier alpha value is -1.55. The Balaban J connectivity index is 0.00000338. The van der Waals surface area contributed by atoms with Crippen LogP contribution in [0.15, 0.2) is 29.3 Å². The molecular weight excluding hydrogens is 445 g/mol. The molecule has 0 aromatic heterocycles. The Morgan fingerprint density at radius 2 is 2.12 bits per heavy atom. The Morgan fingerprint density at radius 3 is 2.73 bits per heavy atom. The van der Waals surface area contributed by atoms with Gasteiger partial charge in [-0.05, 0) is 43.9 Å². The Labute approximate surface area is 172 Å². The third kappa shape index (κ3) is 8.22. The second-order valence-corrected chi connectivity index (χ2v) is 6.34. The fourth-order valence-corrected chi connectivity index (χ4v) is 2.98. The van der Waals surface area contributed by atoms with Gasteiger partial charge < -0.3 is 21.5 Å². The fraction of sp³-hybridized carbons (Fsp3) is 0.556. The van der Waals surface area contributed by atoms with Crippen LogP contribution in [0.1, 0.15) is 25.3 Å². The van der Waals surface area contributed by atoms with E-state index in [1.165, 1.54) is 0 Å². The van der Waals surface area contributed by atoms with Crippen molar-refractivity contribution in [3.8, 4) is 5.75 Å². The highest BCUT2D eigenvalue weighted by Crippen LogP contribution is 2.12. The minimum atomic E-state index is -0.270. The number of hydrogen-bond donors (Lipinski definition) is 4. The van der Waals surface area contributed by atoms with Crippen molar-refractivity contribution in [1.29, 1.82) is 0 Å². The number of amides is 1. The molecule has 8 heteroatoms. The summed E-state index contributed by atoms with van der Waals surface area (Å²) in [7, 11) is 0. The Kier molecular flexibility index (Phi) is 10.3. The van der Waals surface area contributed by atoms with Crippen molar-refractivity contribution < 1.29 is 9.90 Å². The number of carbonyl (C=O) groups is 1. The summed E-state index contributed by atoms with van der Waals surface area (Å²) in [5, 5.41) is 16.3. The lowest BCUT2D eigenvalue weighted by atomic mass is 10.1. The summed E-state index contributed by atoms with van der Waals surface area (Å²) in [5.41, 5.74) is 6.32. The van der Waals surface area contributed by atoms with Crippen molar-refractivity contribution in [1.82, 2.24) is 15.5 Å². The first kappa shape index (κ1) is 22.5. The standard InChI is InChI=1S/C18H29N5O2.HI/c1-2-20-18(21-9-6-14-4-3-5-16(24)12-14)22-15-7-10-23(11-8-15)13-17(19)25;/h3-5,12,15,24H,2,6-11,13H2,1H3,(H2,19,25)(H2,20,21,22);1H. The number of phenols is 1. The van der Waals surface area contributed by atoms with Crippen molar-refractivity contribution in [2.75, 3.05) is 32.7 Å². The maximum Gasteiger partial charge on any atom is 0.231 e.